The van der Waals surface area contributed by atoms with Crippen LogP contribution in [0.15, 0.2) is 11.6 Å². The van der Waals surface area contributed by atoms with Crippen LogP contribution in [0.5, 0.6) is 0 Å². The number of carbonyl (C=O) groups excluding carboxylic acids is 2. The van der Waals surface area contributed by atoms with E-state index in [2.05, 4.69) is 6.92 Å². The summed E-state index contributed by atoms with van der Waals surface area (Å²) >= 11 is 0. The van der Waals surface area contributed by atoms with Crippen molar-refractivity contribution >= 4 is 11.8 Å². The second kappa shape index (κ2) is 5.25. The third-order valence-corrected chi connectivity index (χ3v) is 4.42. The van der Waals surface area contributed by atoms with Crippen molar-refractivity contribution in [2.24, 2.45) is 17.8 Å². The molecule has 2 rings (SSSR count). The van der Waals surface area contributed by atoms with Crippen LogP contribution in [0.2, 0.25) is 0 Å². The first kappa shape index (κ1) is 13.3. The molecule has 1 aliphatic heterocycles. The fourth-order valence-electron chi connectivity index (χ4n) is 2.95. The van der Waals surface area contributed by atoms with Crippen molar-refractivity contribution in [1.82, 2.24) is 0 Å². The van der Waals surface area contributed by atoms with Gasteiger partial charge in [-0.1, -0.05) is 25.5 Å². The normalized spacial score (nSPS) is 40.7. The van der Waals surface area contributed by atoms with Crippen LogP contribution in [-0.2, 0) is 14.3 Å². The number of carbonyl (C=O) groups is 2. The Balaban J connectivity index is 2.19. The summed E-state index contributed by atoms with van der Waals surface area (Å²) < 4.78 is 5.45. The molecule has 3 nitrogen and oxygen atoms in total. The van der Waals surface area contributed by atoms with Crippen LogP contribution in [0.3, 0.4) is 0 Å². The van der Waals surface area contributed by atoms with Crippen molar-refractivity contribution in [3.05, 3.63) is 11.6 Å². The highest BCUT2D eigenvalue weighted by molar-refractivity contribution is 5.82. The first-order valence-electron chi connectivity index (χ1n) is 6.88. The summed E-state index contributed by atoms with van der Waals surface area (Å²) in [6.07, 6.45) is 5.14. The van der Waals surface area contributed by atoms with Gasteiger partial charge in [-0.2, -0.15) is 0 Å². The van der Waals surface area contributed by atoms with E-state index >= 15 is 0 Å². The Bertz CT molecular complexity index is 383. The number of ketones is 1. The molecule has 0 saturated carbocycles. The maximum absolute atomic E-state index is 11.9. The van der Waals surface area contributed by atoms with Gasteiger partial charge in [0.05, 0.1) is 5.92 Å². The van der Waals surface area contributed by atoms with E-state index in [1.807, 2.05) is 19.9 Å². The van der Waals surface area contributed by atoms with E-state index in [9.17, 15) is 9.59 Å². The van der Waals surface area contributed by atoms with E-state index in [1.54, 1.807) is 0 Å². The van der Waals surface area contributed by atoms with Gasteiger partial charge in [0.25, 0.3) is 0 Å². The smallest absolute Gasteiger partial charge is 0.309 e. The molecule has 0 amide bonds. The minimum atomic E-state index is -0.0921. The molecule has 0 aromatic rings. The SMILES string of the molecule is C/C1=C\CC(=O)[C@H](C)C[C@H]2OC(=O)C(C)[C@@H]2CC1. The molecule has 0 N–H and O–H groups in total. The molecule has 1 saturated heterocycles. The van der Waals surface area contributed by atoms with Gasteiger partial charge in [0, 0.05) is 18.3 Å². The number of rotatable bonds is 0. The second-order valence-electron chi connectivity index (χ2n) is 5.82. The van der Waals surface area contributed by atoms with Gasteiger partial charge in [-0.25, -0.2) is 0 Å². The Morgan fingerprint density at radius 3 is 2.72 bits per heavy atom. The summed E-state index contributed by atoms with van der Waals surface area (Å²) in [6, 6.07) is 0. The molecule has 0 spiro atoms. The van der Waals surface area contributed by atoms with Crippen LogP contribution in [0, 0.1) is 17.8 Å². The number of allylic oxidation sites excluding steroid dienone is 2. The minimum Gasteiger partial charge on any atom is -0.462 e. The number of esters is 1. The van der Waals surface area contributed by atoms with Gasteiger partial charge in [0.15, 0.2) is 0 Å². The monoisotopic (exact) mass is 250 g/mol. The fraction of sp³-hybridized carbons (Fsp3) is 0.733. The molecular formula is C15H22O3. The predicted molar refractivity (Wildman–Crippen MR) is 68.9 cm³/mol. The predicted octanol–water partition coefficient (Wildman–Crippen LogP) is 2.89. The van der Waals surface area contributed by atoms with Crippen LogP contribution in [0.1, 0.15) is 46.5 Å². The Labute approximate surface area is 109 Å². The molecule has 0 aromatic carbocycles. The standard InChI is InChI=1S/C15H22O3/c1-9-4-6-12-11(3)15(17)18-14(12)8-10(2)13(16)7-5-9/h5,10-12,14H,4,6-8H2,1-3H3/b9-5+/t10-,11?,12+,14-/m1/s1. The van der Waals surface area contributed by atoms with Gasteiger partial charge in [-0.15, -0.1) is 0 Å². The number of Topliss-reactive ketones (excluding diaryl/α,β-unsaturated/α-hetero) is 1. The molecule has 18 heavy (non-hydrogen) atoms. The van der Waals surface area contributed by atoms with Gasteiger partial charge in [-0.05, 0) is 26.2 Å². The lowest BCUT2D eigenvalue weighted by atomic mass is 9.81. The lowest BCUT2D eigenvalue weighted by Crippen LogP contribution is -2.25. The summed E-state index contributed by atoms with van der Waals surface area (Å²) in [6.45, 7) is 5.96. The molecule has 1 aliphatic carbocycles. The number of ether oxygens (including phenoxy) is 1. The van der Waals surface area contributed by atoms with Gasteiger partial charge in [0.2, 0.25) is 0 Å². The molecule has 2 aliphatic rings. The van der Waals surface area contributed by atoms with E-state index in [4.69, 9.17) is 4.74 Å². The summed E-state index contributed by atoms with van der Waals surface area (Å²) in [5, 5.41) is 0. The third-order valence-electron chi connectivity index (χ3n) is 4.42. The Morgan fingerprint density at radius 2 is 2.00 bits per heavy atom. The summed E-state index contributed by atoms with van der Waals surface area (Å²) in [4.78, 5) is 23.6. The lowest BCUT2D eigenvalue weighted by Gasteiger charge is -2.23. The van der Waals surface area contributed by atoms with E-state index in [0.717, 1.165) is 12.8 Å². The van der Waals surface area contributed by atoms with Crippen LogP contribution >= 0.6 is 0 Å². The number of hydrogen-bond acceptors (Lipinski definition) is 3. The topological polar surface area (TPSA) is 43.4 Å². The highest BCUT2D eigenvalue weighted by Crippen LogP contribution is 2.36. The van der Waals surface area contributed by atoms with E-state index in [1.165, 1.54) is 5.57 Å². The lowest BCUT2D eigenvalue weighted by molar-refractivity contribution is -0.145. The van der Waals surface area contributed by atoms with Gasteiger partial charge in [-0.3, -0.25) is 9.59 Å². The summed E-state index contributed by atoms with van der Waals surface area (Å²) in [5.41, 5.74) is 1.25. The molecule has 100 valence electrons. The third kappa shape index (κ3) is 2.65. The number of hydrogen-bond donors (Lipinski definition) is 0. The van der Waals surface area contributed by atoms with Crippen LogP contribution in [-0.4, -0.2) is 17.9 Å². The van der Waals surface area contributed by atoms with Crippen molar-refractivity contribution in [3.8, 4) is 0 Å². The molecule has 1 heterocycles. The average Bonchev–Trinajstić information content (AvgIpc) is 2.59. The quantitative estimate of drug-likeness (QED) is 0.490. The molecular weight excluding hydrogens is 228 g/mol. The van der Waals surface area contributed by atoms with Crippen molar-refractivity contribution in [2.45, 2.75) is 52.6 Å². The molecule has 1 unspecified atom stereocenters. The molecule has 0 bridgehead atoms. The highest BCUT2D eigenvalue weighted by Gasteiger charge is 2.42. The van der Waals surface area contributed by atoms with Crippen molar-refractivity contribution in [3.63, 3.8) is 0 Å². The fourth-order valence-corrected chi connectivity index (χ4v) is 2.95. The van der Waals surface area contributed by atoms with Gasteiger partial charge < -0.3 is 4.74 Å². The van der Waals surface area contributed by atoms with E-state index in [0.29, 0.717) is 12.8 Å². The van der Waals surface area contributed by atoms with Crippen molar-refractivity contribution in [2.75, 3.05) is 0 Å². The minimum absolute atomic E-state index is 0.0160. The first-order valence-corrected chi connectivity index (χ1v) is 6.88. The second-order valence-corrected chi connectivity index (χ2v) is 5.82. The van der Waals surface area contributed by atoms with Gasteiger partial charge in [0.1, 0.15) is 11.9 Å². The summed E-state index contributed by atoms with van der Waals surface area (Å²) in [5.74, 6) is 0.396. The van der Waals surface area contributed by atoms with E-state index < -0.39 is 0 Å². The Morgan fingerprint density at radius 1 is 1.28 bits per heavy atom. The zero-order valence-electron chi connectivity index (χ0n) is 11.4. The zero-order valence-corrected chi connectivity index (χ0v) is 11.4. The van der Waals surface area contributed by atoms with Crippen LogP contribution < -0.4 is 0 Å². The summed E-state index contributed by atoms with van der Waals surface area (Å²) in [7, 11) is 0. The number of fused-ring (bicyclic) bond motifs is 1. The van der Waals surface area contributed by atoms with Crippen molar-refractivity contribution in [1.29, 1.82) is 0 Å². The Hall–Kier alpha value is -1.12. The molecule has 0 radical (unpaired) electrons. The van der Waals surface area contributed by atoms with E-state index in [-0.39, 0.29) is 35.6 Å². The average molecular weight is 250 g/mol. The van der Waals surface area contributed by atoms with Crippen molar-refractivity contribution < 1.29 is 14.3 Å². The Kier molecular flexibility index (Phi) is 3.88. The van der Waals surface area contributed by atoms with Gasteiger partial charge >= 0.3 is 5.97 Å². The molecule has 0 aromatic heterocycles. The maximum Gasteiger partial charge on any atom is 0.309 e. The largest absolute Gasteiger partial charge is 0.462 e. The highest BCUT2D eigenvalue weighted by atomic mass is 16.6. The molecule has 1 fully saturated rings. The zero-order chi connectivity index (χ0) is 13.3. The van der Waals surface area contributed by atoms with Crippen LogP contribution in [0.4, 0.5) is 0 Å². The first-order chi connectivity index (χ1) is 8.49. The van der Waals surface area contributed by atoms with Crippen LogP contribution in [0.25, 0.3) is 0 Å². The molecule has 4 atom stereocenters. The molecule has 3 heteroatoms. The maximum atomic E-state index is 11.9.